The van der Waals surface area contributed by atoms with Crippen molar-refractivity contribution < 1.29 is 18.0 Å². The van der Waals surface area contributed by atoms with Crippen molar-refractivity contribution in [3.8, 4) is 0 Å². The first-order valence-electron chi connectivity index (χ1n) is 5.26. The summed E-state index contributed by atoms with van der Waals surface area (Å²) in [5, 5.41) is 7.66. The van der Waals surface area contributed by atoms with E-state index in [0.717, 1.165) is 12.1 Å². The van der Waals surface area contributed by atoms with Gasteiger partial charge in [-0.15, -0.1) is 0 Å². The molecule has 0 saturated heterocycles. The molecule has 1 aromatic heterocycles. The standard InChI is InChI=1S/C11H8ClF3N4O/c12-6-3-1-2-5(11(13,14)15)8(6)18-10(20)9-7(16)4-17-19-9/h1-4H,16H2,(H,17,19)(H,18,20). The predicted octanol–water partition coefficient (Wildman–Crippen LogP) is 2.92. The van der Waals surface area contributed by atoms with Crippen LogP contribution in [-0.2, 0) is 6.18 Å². The smallest absolute Gasteiger partial charge is 0.396 e. The molecule has 106 valence electrons. The molecular formula is C11H8ClF3N4O. The number of para-hydroxylation sites is 1. The van der Waals surface area contributed by atoms with Crippen LogP contribution in [0.5, 0.6) is 0 Å². The zero-order chi connectivity index (χ0) is 14.9. The lowest BCUT2D eigenvalue weighted by Gasteiger charge is -2.14. The van der Waals surface area contributed by atoms with Gasteiger partial charge in [-0.05, 0) is 12.1 Å². The van der Waals surface area contributed by atoms with Gasteiger partial charge in [0, 0.05) is 0 Å². The van der Waals surface area contributed by atoms with Crippen LogP contribution in [0.1, 0.15) is 16.1 Å². The number of hydrogen-bond donors (Lipinski definition) is 3. The molecule has 2 rings (SSSR count). The fraction of sp³-hybridized carbons (Fsp3) is 0.0909. The quantitative estimate of drug-likeness (QED) is 0.797. The van der Waals surface area contributed by atoms with E-state index in [4.69, 9.17) is 17.3 Å². The molecule has 2 aromatic rings. The number of H-pyrrole nitrogens is 1. The SMILES string of the molecule is Nc1cn[nH]c1C(=O)Nc1c(Cl)cccc1C(F)(F)F. The molecule has 0 unspecified atom stereocenters. The minimum absolute atomic E-state index is 0.0168. The third-order valence-electron chi connectivity index (χ3n) is 2.45. The highest BCUT2D eigenvalue weighted by atomic mass is 35.5. The Kier molecular flexibility index (Phi) is 3.58. The van der Waals surface area contributed by atoms with Crippen molar-refractivity contribution in [1.82, 2.24) is 10.2 Å². The van der Waals surface area contributed by atoms with Crippen LogP contribution in [-0.4, -0.2) is 16.1 Å². The van der Waals surface area contributed by atoms with E-state index in [2.05, 4.69) is 15.5 Å². The predicted molar refractivity (Wildman–Crippen MR) is 67.4 cm³/mol. The highest BCUT2D eigenvalue weighted by molar-refractivity contribution is 6.34. The van der Waals surface area contributed by atoms with Crippen LogP contribution >= 0.6 is 11.6 Å². The summed E-state index contributed by atoms with van der Waals surface area (Å²) in [6.45, 7) is 0. The zero-order valence-electron chi connectivity index (χ0n) is 9.75. The molecule has 4 N–H and O–H groups in total. The Hall–Kier alpha value is -2.22. The molecule has 0 radical (unpaired) electrons. The van der Waals surface area contributed by atoms with E-state index in [0.29, 0.717) is 0 Å². The van der Waals surface area contributed by atoms with Gasteiger partial charge in [0.15, 0.2) is 0 Å². The number of amides is 1. The van der Waals surface area contributed by atoms with Gasteiger partial charge >= 0.3 is 6.18 Å². The first kappa shape index (κ1) is 14.2. The maximum Gasteiger partial charge on any atom is 0.418 e. The Bertz CT molecular complexity index is 653. The number of hydrogen-bond acceptors (Lipinski definition) is 3. The number of nitrogens with one attached hydrogen (secondary N) is 2. The maximum absolute atomic E-state index is 12.8. The normalized spacial score (nSPS) is 11.4. The highest BCUT2D eigenvalue weighted by Gasteiger charge is 2.35. The van der Waals surface area contributed by atoms with Crippen LogP contribution < -0.4 is 11.1 Å². The van der Waals surface area contributed by atoms with Gasteiger partial charge in [-0.3, -0.25) is 9.89 Å². The van der Waals surface area contributed by atoms with Crippen molar-refractivity contribution in [2.75, 3.05) is 11.1 Å². The summed E-state index contributed by atoms with van der Waals surface area (Å²) in [6, 6.07) is 3.20. The van der Waals surface area contributed by atoms with Crippen LogP contribution in [0.15, 0.2) is 24.4 Å². The molecule has 0 aliphatic heterocycles. The molecule has 0 bridgehead atoms. The molecule has 1 amide bonds. The number of carbonyl (C=O) groups excluding carboxylic acids is 1. The van der Waals surface area contributed by atoms with E-state index in [-0.39, 0.29) is 16.4 Å². The summed E-state index contributed by atoms with van der Waals surface area (Å²) in [6.07, 6.45) is -3.47. The van der Waals surface area contributed by atoms with Crippen molar-refractivity contribution in [1.29, 1.82) is 0 Å². The number of alkyl halides is 3. The molecule has 0 atom stereocenters. The number of benzene rings is 1. The van der Waals surface area contributed by atoms with Crippen molar-refractivity contribution >= 4 is 28.9 Å². The number of aromatic amines is 1. The largest absolute Gasteiger partial charge is 0.418 e. The van der Waals surface area contributed by atoms with Gasteiger partial charge in [0.25, 0.3) is 5.91 Å². The third-order valence-corrected chi connectivity index (χ3v) is 2.77. The minimum Gasteiger partial charge on any atom is -0.396 e. The average molecular weight is 305 g/mol. The van der Waals surface area contributed by atoms with E-state index in [1.807, 2.05) is 0 Å². The van der Waals surface area contributed by atoms with Gasteiger partial charge in [-0.2, -0.15) is 18.3 Å². The lowest BCUT2D eigenvalue weighted by molar-refractivity contribution is -0.136. The van der Waals surface area contributed by atoms with Crippen molar-refractivity contribution in [2.45, 2.75) is 6.18 Å². The van der Waals surface area contributed by atoms with E-state index in [9.17, 15) is 18.0 Å². The molecule has 1 aromatic carbocycles. The molecule has 0 spiro atoms. The second kappa shape index (κ2) is 5.04. The molecule has 1 heterocycles. The van der Waals surface area contributed by atoms with Gasteiger partial charge in [0.05, 0.1) is 28.2 Å². The Morgan fingerprint density at radius 2 is 2.10 bits per heavy atom. The van der Waals surface area contributed by atoms with Crippen LogP contribution in [0.2, 0.25) is 5.02 Å². The van der Waals surface area contributed by atoms with Gasteiger partial charge < -0.3 is 11.1 Å². The third kappa shape index (κ3) is 2.69. The first-order chi connectivity index (χ1) is 9.30. The van der Waals surface area contributed by atoms with Gasteiger partial charge in [0.1, 0.15) is 5.69 Å². The summed E-state index contributed by atoms with van der Waals surface area (Å²) in [5.74, 6) is -0.862. The number of carbonyl (C=O) groups is 1. The van der Waals surface area contributed by atoms with Crippen LogP contribution in [0.25, 0.3) is 0 Å². The average Bonchev–Trinajstić information content (AvgIpc) is 2.76. The molecular weight excluding hydrogens is 297 g/mol. The Morgan fingerprint density at radius 3 is 2.65 bits per heavy atom. The highest BCUT2D eigenvalue weighted by Crippen LogP contribution is 2.38. The van der Waals surface area contributed by atoms with Gasteiger partial charge in [-0.25, -0.2) is 0 Å². The summed E-state index contributed by atoms with van der Waals surface area (Å²) >= 11 is 5.71. The van der Waals surface area contributed by atoms with E-state index in [1.165, 1.54) is 12.3 Å². The number of anilines is 2. The number of aromatic nitrogens is 2. The van der Waals surface area contributed by atoms with Crippen LogP contribution in [0.4, 0.5) is 24.5 Å². The number of nitrogens with zero attached hydrogens (tertiary/aromatic N) is 1. The summed E-state index contributed by atoms with van der Waals surface area (Å²) in [5.41, 5.74) is 3.75. The lowest BCUT2D eigenvalue weighted by Crippen LogP contribution is -2.18. The zero-order valence-corrected chi connectivity index (χ0v) is 10.5. The fourth-order valence-electron chi connectivity index (χ4n) is 1.54. The van der Waals surface area contributed by atoms with E-state index in [1.54, 1.807) is 0 Å². The molecule has 0 aliphatic carbocycles. The fourth-order valence-corrected chi connectivity index (χ4v) is 1.76. The second-order valence-corrected chi connectivity index (χ2v) is 4.22. The Balaban J connectivity index is 2.39. The van der Waals surface area contributed by atoms with Crippen LogP contribution in [0, 0.1) is 0 Å². The summed E-state index contributed by atoms with van der Waals surface area (Å²) in [7, 11) is 0. The number of rotatable bonds is 2. The molecule has 20 heavy (non-hydrogen) atoms. The van der Waals surface area contributed by atoms with E-state index >= 15 is 0 Å². The second-order valence-electron chi connectivity index (χ2n) is 3.81. The Labute approximate surface area is 115 Å². The molecule has 0 aliphatic rings. The number of nitrogens with two attached hydrogens (primary N) is 1. The summed E-state index contributed by atoms with van der Waals surface area (Å²) < 4.78 is 38.5. The Morgan fingerprint density at radius 1 is 1.40 bits per heavy atom. The van der Waals surface area contributed by atoms with E-state index < -0.39 is 23.3 Å². The molecule has 0 saturated carbocycles. The molecule has 9 heteroatoms. The summed E-state index contributed by atoms with van der Waals surface area (Å²) in [4.78, 5) is 11.8. The van der Waals surface area contributed by atoms with Crippen molar-refractivity contribution in [3.05, 3.63) is 40.7 Å². The molecule has 5 nitrogen and oxygen atoms in total. The molecule has 0 fully saturated rings. The number of nitrogen functional groups attached to an aromatic ring is 1. The van der Waals surface area contributed by atoms with Crippen LogP contribution in [0.3, 0.4) is 0 Å². The van der Waals surface area contributed by atoms with Crippen molar-refractivity contribution in [2.24, 2.45) is 0 Å². The topological polar surface area (TPSA) is 83.8 Å². The minimum atomic E-state index is -4.65. The number of halogens is 4. The monoisotopic (exact) mass is 304 g/mol. The van der Waals surface area contributed by atoms with Crippen molar-refractivity contribution in [3.63, 3.8) is 0 Å². The lowest BCUT2D eigenvalue weighted by atomic mass is 10.1. The first-order valence-corrected chi connectivity index (χ1v) is 5.64. The maximum atomic E-state index is 12.8. The van der Waals surface area contributed by atoms with Gasteiger partial charge in [0.2, 0.25) is 0 Å². The van der Waals surface area contributed by atoms with Gasteiger partial charge in [-0.1, -0.05) is 17.7 Å².